The van der Waals surface area contributed by atoms with E-state index in [2.05, 4.69) is 32.5 Å². The highest BCUT2D eigenvalue weighted by atomic mass is 19.1. The summed E-state index contributed by atoms with van der Waals surface area (Å²) in [7, 11) is 1.80. The molecule has 0 bridgehead atoms. The first kappa shape index (κ1) is 21.3. The smallest absolute Gasteiger partial charge is 0.190 e. The molecule has 158 valence electrons. The molecule has 1 aromatic carbocycles. The van der Waals surface area contributed by atoms with Crippen molar-refractivity contribution in [3.63, 3.8) is 0 Å². The molecule has 1 fully saturated rings. The van der Waals surface area contributed by atoms with Gasteiger partial charge < -0.3 is 15.5 Å². The summed E-state index contributed by atoms with van der Waals surface area (Å²) in [4.78, 5) is 6.86. The van der Waals surface area contributed by atoms with Gasteiger partial charge in [0, 0.05) is 32.8 Å². The Morgan fingerprint density at radius 3 is 2.59 bits per heavy atom. The predicted octanol–water partition coefficient (Wildman–Crippen LogP) is 2.84. The summed E-state index contributed by atoms with van der Waals surface area (Å²) in [6.45, 7) is 7.64. The van der Waals surface area contributed by atoms with Crippen LogP contribution in [-0.4, -0.2) is 60.4 Å². The molecular weight excluding hydrogens is 367 g/mol. The van der Waals surface area contributed by atoms with Crippen LogP contribution in [0, 0.1) is 11.7 Å². The minimum absolute atomic E-state index is 0.241. The molecule has 1 aliphatic heterocycles. The zero-order chi connectivity index (χ0) is 20.5. The summed E-state index contributed by atoms with van der Waals surface area (Å²) in [5.41, 5.74) is 1.84. The van der Waals surface area contributed by atoms with E-state index in [-0.39, 0.29) is 5.82 Å². The number of guanidine groups is 1. The van der Waals surface area contributed by atoms with Gasteiger partial charge in [-0.2, -0.15) is 5.10 Å². The van der Waals surface area contributed by atoms with Gasteiger partial charge in [-0.15, -0.1) is 0 Å². The maximum Gasteiger partial charge on any atom is 0.190 e. The Morgan fingerprint density at radius 1 is 1.14 bits per heavy atom. The molecule has 6 nitrogen and oxygen atoms in total. The zero-order valence-corrected chi connectivity index (χ0v) is 17.6. The van der Waals surface area contributed by atoms with Gasteiger partial charge in [0.15, 0.2) is 5.96 Å². The second-order valence-corrected chi connectivity index (χ2v) is 7.78. The highest BCUT2D eigenvalue weighted by Crippen LogP contribution is 2.15. The van der Waals surface area contributed by atoms with Crippen LogP contribution in [0.3, 0.4) is 0 Å². The number of nitrogens with zero attached hydrogens (tertiary/aromatic N) is 4. The Kier molecular flexibility index (Phi) is 8.04. The SMILES string of the molecule is CN=C(NCCCN1CCC(C)CC1)NCCc1ccn(-c2ccc(F)cc2)n1. The lowest BCUT2D eigenvalue weighted by molar-refractivity contribution is 0.191. The van der Waals surface area contributed by atoms with Gasteiger partial charge in [0.1, 0.15) is 5.82 Å². The van der Waals surface area contributed by atoms with Crippen molar-refractivity contribution in [3.8, 4) is 5.69 Å². The lowest BCUT2D eigenvalue weighted by atomic mass is 9.99. The van der Waals surface area contributed by atoms with Crippen LogP contribution in [0.5, 0.6) is 0 Å². The summed E-state index contributed by atoms with van der Waals surface area (Å²) in [6.07, 6.45) is 6.47. The number of likely N-dealkylation sites (tertiary alicyclic amines) is 1. The van der Waals surface area contributed by atoms with Gasteiger partial charge in [-0.3, -0.25) is 4.99 Å². The highest BCUT2D eigenvalue weighted by Gasteiger charge is 2.14. The normalized spacial score (nSPS) is 16.2. The summed E-state index contributed by atoms with van der Waals surface area (Å²) in [6, 6.07) is 8.32. The predicted molar refractivity (Wildman–Crippen MR) is 116 cm³/mol. The van der Waals surface area contributed by atoms with Gasteiger partial charge in [0.25, 0.3) is 0 Å². The van der Waals surface area contributed by atoms with Crippen LogP contribution in [0.15, 0.2) is 41.5 Å². The number of benzene rings is 1. The van der Waals surface area contributed by atoms with Crippen LogP contribution in [0.1, 0.15) is 31.9 Å². The van der Waals surface area contributed by atoms with E-state index < -0.39 is 0 Å². The van der Waals surface area contributed by atoms with Crippen molar-refractivity contribution in [3.05, 3.63) is 48.0 Å². The fourth-order valence-corrected chi connectivity index (χ4v) is 3.56. The fraction of sp³-hybridized carbons (Fsp3) is 0.545. The molecule has 7 heteroatoms. The van der Waals surface area contributed by atoms with Crippen molar-refractivity contribution >= 4 is 5.96 Å². The van der Waals surface area contributed by atoms with Crippen molar-refractivity contribution in [1.29, 1.82) is 0 Å². The van der Waals surface area contributed by atoms with Crippen LogP contribution >= 0.6 is 0 Å². The minimum Gasteiger partial charge on any atom is -0.356 e. The zero-order valence-electron chi connectivity index (χ0n) is 17.6. The summed E-state index contributed by atoms with van der Waals surface area (Å²) >= 11 is 0. The van der Waals surface area contributed by atoms with Crippen molar-refractivity contribution < 1.29 is 4.39 Å². The van der Waals surface area contributed by atoms with Crippen LogP contribution < -0.4 is 10.6 Å². The average molecular weight is 401 g/mol. The number of nitrogens with one attached hydrogen (secondary N) is 2. The van der Waals surface area contributed by atoms with E-state index in [0.717, 1.165) is 55.7 Å². The second-order valence-electron chi connectivity index (χ2n) is 7.78. The molecule has 0 spiro atoms. The van der Waals surface area contributed by atoms with Gasteiger partial charge in [-0.25, -0.2) is 9.07 Å². The van der Waals surface area contributed by atoms with Crippen LogP contribution in [-0.2, 0) is 6.42 Å². The molecule has 0 saturated carbocycles. The first-order chi connectivity index (χ1) is 14.1. The molecule has 3 rings (SSSR count). The third kappa shape index (κ3) is 6.85. The fourth-order valence-electron chi connectivity index (χ4n) is 3.56. The highest BCUT2D eigenvalue weighted by molar-refractivity contribution is 5.79. The molecule has 1 aliphatic rings. The molecule has 29 heavy (non-hydrogen) atoms. The quantitative estimate of drug-likeness (QED) is 0.406. The van der Waals surface area contributed by atoms with E-state index in [0.29, 0.717) is 0 Å². The maximum absolute atomic E-state index is 13.0. The van der Waals surface area contributed by atoms with Gasteiger partial charge in [0.2, 0.25) is 0 Å². The number of rotatable bonds is 8. The Balaban J connectivity index is 1.33. The number of piperidine rings is 1. The molecule has 2 N–H and O–H groups in total. The van der Waals surface area contributed by atoms with E-state index in [9.17, 15) is 4.39 Å². The van der Waals surface area contributed by atoms with E-state index in [1.807, 2.05) is 12.3 Å². The monoisotopic (exact) mass is 400 g/mol. The topological polar surface area (TPSA) is 57.5 Å². The Morgan fingerprint density at radius 2 is 1.86 bits per heavy atom. The minimum atomic E-state index is -0.241. The standard InChI is InChI=1S/C22H33FN6/c1-18-9-15-28(16-10-18)14-3-12-25-22(24-2)26-13-8-20-11-17-29(27-20)21-6-4-19(23)5-7-21/h4-7,11,17-18H,3,8-10,12-16H2,1-2H3,(H2,24,25,26). The van der Waals surface area contributed by atoms with Crippen molar-refractivity contribution in [2.24, 2.45) is 10.9 Å². The van der Waals surface area contributed by atoms with E-state index in [4.69, 9.17) is 0 Å². The van der Waals surface area contributed by atoms with Crippen LogP contribution in [0.2, 0.25) is 0 Å². The maximum atomic E-state index is 13.0. The van der Waals surface area contributed by atoms with E-state index in [1.165, 1.54) is 38.1 Å². The van der Waals surface area contributed by atoms with Gasteiger partial charge in [-0.1, -0.05) is 6.92 Å². The first-order valence-electron chi connectivity index (χ1n) is 10.6. The lowest BCUT2D eigenvalue weighted by Gasteiger charge is -2.30. The molecule has 0 aliphatic carbocycles. The second kappa shape index (κ2) is 11.0. The number of hydrogen-bond acceptors (Lipinski definition) is 3. The molecule has 2 aromatic rings. The number of aliphatic imine (C=N–C) groups is 1. The van der Waals surface area contributed by atoms with Crippen LogP contribution in [0.25, 0.3) is 5.69 Å². The van der Waals surface area contributed by atoms with E-state index >= 15 is 0 Å². The average Bonchev–Trinajstić information content (AvgIpc) is 3.20. The summed E-state index contributed by atoms with van der Waals surface area (Å²) < 4.78 is 14.8. The Hall–Kier alpha value is -2.41. The lowest BCUT2D eigenvalue weighted by Crippen LogP contribution is -2.40. The van der Waals surface area contributed by atoms with Crippen LogP contribution in [0.4, 0.5) is 4.39 Å². The molecule has 2 heterocycles. The van der Waals surface area contributed by atoms with Gasteiger partial charge >= 0.3 is 0 Å². The molecule has 0 unspecified atom stereocenters. The Labute approximate surface area is 173 Å². The van der Waals surface area contributed by atoms with Crippen molar-refractivity contribution in [2.75, 3.05) is 39.8 Å². The third-order valence-electron chi connectivity index (χ3n) is 5.45. The van der Waals surface area contributed by atoms with Gasteiger partial charge in [0.05, 0.1) is 11.4 Å². The summed E-state index contributed by atoms with van der Waals surface area (Å²) in [5, 5.41) is 11.3. The first-order valence-corrected chi connectivity index (χ1v) is 10.6. The molecule has 1 aromatic heterocycles. The molecule has 0 atom stereocenters. The molecule has 0 radical (unpaired) electrons. The number of halogens is 1. The van der Waals surface area contributed by atoms with E-state index in [1.54, 1.807) is 23.9 Å². The largest absolute Gasteiger partial charge is 0.356 e. The Bertz CT molecular complexity index is 762. The number of aromatic nitrogens is 2. The molecule has 0 amide bonds. The third-order valence-corrected chi connectivity index (χ3v) is 5.45. The molecular formula is C22H33FN6. The molecule has 1 saturated heterocycles. The number of hydrogen-bond donors (Lipinski definition) is 2. The van der Waals surface area contributed by atoms with Crippen molar-refractivity contribution in [2.45, 2.75) is 32.6 Å². The van der Waals surface area contributed by atoms with Crippen molar-refractivity contribution in [1.82, 2.24) is 25.3 Å². The van der Waals surface area contributed by atoms with Gasteiger partial charge in [-0.05, 0) is 75.1 Å². The summed E-state index contributed by atoms with van der Waals surface area (Å²) in [5.74, 6) is 1.47.